The molecule has 0 aliphatic carbocycles. The van der Waals surface area contributed by atoms with E-state index in [9.17, 15) is 0 Å². The zero-order valence-corrected chi connectivity index (χ0v) is 7.80. The van der Waals surface area contributed by atoms with Gasteiger partial charge in [-0.05, 0) is 13.0 Å². The number of aromatic nitrogens is 4. The van der Waals surface area contributed by atoms with Crippen molar-refractivity contribution < 1.29 is 5.11 Å². The summed E-state index contributed by atoms with van der Waals surface area (Å²) < 4.78 is 2.17. The van der Waals surface area contributed by atoms with Crippen LogP contribution in [0.25, 0.3) is 5.78 Å². The molecular formula is C7H8N4OS. The van der Waals surface area contributed by atoms with Crippen LogP contribution < -0.4 is 0 Å². The minimum absolute atomic E-state index is 0.142. The van der Waals surface area contributed by atoms with E-state index in [4.69, 9.17) is 17.3 Å². The molecule has 68 valence electrons. The molecule has 0 atom stereocenters. The van der Waals surface area contributed by atoms with Gasteiger partial charge in [-0.3, -0.25) is 5.10 Å². The maximum atomic E-state index is 8.83. The fourth-order valence-electron chi connectivity index (χ4n) is 1.11. The van der Waals surface area contributed by atoms with Gasteiger partial charge in [0.25, 0.3) is 5.78 Å². The van der Waals surface area contributed by atoms with Crippen LogP contribution in [0.15, 0.2) is 6.07 Å². The molecule has 0 amide bonds. The first-order valence-electron chi connectivity index (χ1n) is 3.77. The molecule has 2 aromatic heterocycles. The summed E-state index contributed by atoms with van der Waals surface area (Å²) in [6, 6.07) is 1.77. The van der Waals surface area contributed by atoms with Gasteiger partial charge in [0, 0.05) is 5.69 Å². The molecule has 0 aliphatic rings. The standard InChI is InChI=1S/C7H8N4OS/c1-4-2-6(13)11-7(8-4)9-5(3-12)10-11/h2,12H,3H2,1H3,(H,8,9,10). The smallest absolute Gasteiger partial charge is 0.252 e. The highest BCUT2D eigenvalue weighted by atomic mass is 32.1. The van der Waals surface area contributed by atoms with Gasteiger partial charge in [0.1, 0.15) is 11.2 Å². The number of aliphatic hydroxyl groups excluding tert-OH is 1. The normalized spacial score (nSPS) is 10.9. The number of nitrogens with one attached hydrogen (secondary N) is 1. The third-order valence-corrected chi connectivity index (χ3v) is 1.96. The third kappa shape index (κ3) is 1.34. The number of fused-ring (bicyclic) bond motifs is 1. The summed E-state index contributed by atoms with van der Waals surface area (Å²) in [5.74, 6) is 0.957. The van der Waals surface area contributed by atoms with Gasteiger partial charge >= 0.3 is 0 Å². The van der Waals surface area contributed by atoms with Gasteiger partial charge in [-0.2, -0.15) is 4.98 Å². The Morgan fingerprint density at radius 2 is 2.38 bits per heavy atom. The Morgan fingerprint density at radius 1 is 1.62 bits per heavy atom. The highest BCUT2D eigenvalue weighted by molar-refractivity contribution is 7.71. The number of aryl methyl sites for hydroxylation is 1. The van der Waals surface area contributed by atoms with Gasteiger partial charge in [-0.15, -0.1) is 0 Å². The van der Waals surface area contributed by atoms with Gasteiger partial charge in [-0.25, -0.2) is 9.50 Å². The molecular weight excluding hydrogens is 188 g/mol. The van der Waals surface area contributed by atoms with Crippen molar-refractivity contribution in [3.05, 3.63) is 22.2 Å². The van der Waals surface area contributed by atoms with E-state index in [2.05, 4.69) is 15.1 Å². The predicted octanol–water partition coefficient (Wildman–Crippen LogP) is 0.588. The quantitative estimate of drug-likeness (QED) is 0.655. The summed E-state index contributed by atoms with van der Waals surface area (Å²) in [4.78, 5) is 8.18. The number of aliphatic hydroxyl groups is 1. The van der Waals surface area contributed by atoms with E-state index in [1.54, 1.807) is 10.6 Å². The first-order valence-corrected chi connectivity index (χ1v) is 4.17. The van der Waals surface area contributed by atoms with E-state index >= 15 is 0 Å². The molecule has 0 aromatic carbocycles. The lowest BCUT2D eigenvalue weighted by Crippen LogP contribution is -1.94. The fraction of sp³-hybridized carbons (Fsp3) is 0.286. The molecule has 0 spiro atoms. The molecule has 13 heavy (non-hydrogen) atoms. The molecule has 0 bridgehead atoms. The molecule has 2 aromatic rings. The minimum atomic E-state index is -0.142. The van der Waals surface area contributed by atoms with E-state index < -0.39 is 0 Å². The zero-order chi connectivity index (χ0) is 9.42. The van der Waals surface area contributed by atoms with Gasteiger partial charge in [0.05, 0.1) is 0 Å². The highest BCUT2D eigenvalue weighted by Crippen LogP contribution is 2.01. The second-order valence-corrected chi connectivity index (χ2v) is 3.12. The van der Waals surface area contributed by atoms with Crippen LogP contribution in [0.3, 0.4) is 0 Å². The topological polar surface area (TPSA) is 66.2 Å². The van der Waals surface area contributed by atoms with Crippen molar-refractivity contribution in [1.82, 2.24) is 19.6 Å². The Kier molecular flexibility index (Phi) is 1.86. The van der Waals surface area contributed by atoms with E-state index in [0.29, 0.717) is 16.2 Å². The minimum Gasteiger partial charge on any atom is -0.388 e. The number of aromatic amines is 1. The summed E-state index contributed by atoms with van der Waals surface area (Å²) in [6.07, 6.45) is 0. The van der Waals surface area contributed by atoms with Crippen LogP contribution in [-0.4, -0.2) is 24.7 Å². The fourth-order valence-corrected chi connectivity index (χ4v) is 1.41. The Bertz CT molecular complexity index is 501. The summed E-state index contributed by atoms with van der Waals surface area (Å²) in [5, 5.41) is 11.7. The first kappa shape index (κ1) is 8.33. The first-order chi connectivity index (χ1) is 6.20. The second kappa shape index (κ2) is 2.90. The molecule has 0 saturated heterocycles. The van der Waals surface area contributed by atoms with Crippen molar-refractivity contribution in [2.24, 2.45) is 0 Å². The van der Waals surface area contributed by atoms with Gasteiger partial charge < -0.3 is 5.11 Å². The Balaban J connectivity index is 2.83. The number of hydrogen-bond acceptors (Lipinski definition) is 4. The van der Waals surface area contributed by atoms with Crippen molar-refractivity contribution in [1.29, 1.82) is 0 Å². The Hall–Kier alpha value is -1.27. The summed E-state index contributed by atoms with van der Waals surface area (Å²) in [6.45, 7) is 1.71. The second-order valence-electron chi connectivity index (χ2n) is 2.70. The molecule has 2 rings (SSSR count). The van der Waals surface area contributed by atoms with Gasteiger partial charge in [0.15, 0.2) is 5.82 Å². The number of nitrogens with zero attached hydrogens (tertiary/aromatic N) is 3. The van der Waals surface area contributed by atoms with Crippen LogP contribution in [-0.2, 0) is 6.61 Å². The number of rotatable bonds is 1. The maximum Gasteiger partial charge on any atom is 0.252 e. The molecule has 0 radical (unpaired) electrons. The molecule has 0 unspecified atom stereocenters. The summed E-state index contributed by atoms with van der Waals surface area (Å²) in [7, 11) is 0. The van der Waals surface area contributed by atoms with Crippen LogP contribution in [0.1, 0.15) is 11.5 Å². The van der Waals surface area contributed by atoms with Crippen molar-refractivity contribution >= 4 is 18.0 Å². The number of hydrogen-bond donors (Lipinski definition) is 2. The monoisotopic (exact) mass is 196 g/mol. The lowest BCUT2D eigenvalue weighted by Gasteiger charge is -1.92. The molecule has 5 nitrogen and oxygen atoms in total. The maximum absolute atomic E-state index is 8.83. The SMILES string of the molecule is Cc1cc(=S)n2[nH]c(CO)nc2n1. The molecule has 0 fully saturated rings. The van der Waals surface area contributed by atoms with Crippen LogP contribution >= 0.6 is 12.2 Å². The molecule has 2 N–H and O–H groups in total. The van der Waals surface area contributed by atoms with Crippen molar-refractivity contribution in [2.75, 3.05) is 0 Å². The van der Waals surface area contributed by atoms with Crippen molar-refractivity contribution in [3.63, 3.8) is 0 Å². The summed E-state index contributed by atoms with van der Waals surface area (Å²) in [5.41, 5.74) is 0.820. The molecule has 6 heteroatoms. The predicted molar refractivity (Wildman–Crippen MR) is 48.8 cm³/mol. The van der Waals surface area contributed by atoms with Gasteiger partial charge in [0.2, 0.25) is 0 Å². The molecule has 0 saturated carbocycles. The van der Waals surface area contributed by atoms with Gasteiger partial charge in [-0.1, -0.05) is 12.2 Å². The average molecular weight is 196 g/mol. The highest BCUT2D eigenvalue weighted by Gasteiger charge is 2.02. The Morgan fingerprint density at radius 3 is 3.08 bits per heavy atom. The van der Waals surface area contributed by atoms with E-state index in [1.807, 2.05) is 6.92 Å². The average Bonchev–Trinajstić information content (AvgIpc) is 2.47. The van der Waals surface area contributed by atoms with E-state index in [1.165, 1.54) is 0 Å². The largest absolute Gasteiger partial charge is 0.388 e. The Labute approximate surface area is 79.1 Å². The lowest BCUT2D eigenvalue weighted by atomic mass is 10.5. The van der Waals surface area contributed by atoms with Crippen LogP contribution in [0.2, 0.25) is 0 Å². The number of H-pyrrole nitrogens is 1. The van der Waals surface area contributed by atoms with Crippen LogP contribution in [0, 0.1) is 11.6 Å². The van der Waals surface area contributed by atoms with E-state index in [-0.39, 0.29) is 6.61 Å². The van der Waals surface area contributed by atoms with E-state index in [0.717, 1.165) is 5.69 Å². The summed E-state index contributed by atoms with van der Waals surface area (Å²) >= 11 is 5.07. The van der Waals surface area contributed by atoms with Crippen molar-refractivity contribution in [2.45, 2.75) is 13.5 Å². The molecule has 0 aliphatic heterocycles. The van der Waals surface area contributed by atoms with Crippen LogP contribution in [0.4, 0.5) is 0 Å². The lowest BCUT2D eigenvalue weighted by molar-refractivity contribution is 0.271. The third-order valence-electron chi connectivity index (χ3n) is 1.65. The zero-order valence-electron chi connectivity index (χ0n) is 6.98. The molecule has 2 heterocycles. The van der Waals surface area contributed by atoms with Crippen LogP contribution in [0.5, 0.6) is 0 Å². The van der Waals surface area contributed by atoms with Crippen molar-refractivity contribution in [3.8, 4) is 0 Å².